The standard InChI is InChI=1S/C10H12ClN/c11-9-4-2-1-3-8(9)10(12)7-5-6-7/h1-4,7,10H,5-6,12H2/t10-/m1/s1. The van der Waals surface area contributed by atoms with E-state index in [-0.39, 0.29) is 6.04 Å². The Balaban J connectivity index is 2.25. The lowest BCUT2D eigenvalue weighted by atomic mass is 10.0. The van der Waals surface area contributed by atoms with Crippen LogP contribution in [0.1, 0.15) is 24.4 Å². The van der Waals surface area contributed by atoms with Crippen molar-refractivity contribution in [3.8, 4) is 0 Å². The molecule has 0 radical (unpaired) electrons. The normalized spacial score (nSPS) is 19.2. The molecule has 1 nitrogen and oxygen atoms in total. The second-order valence-electron chi connectivity index (χ2n) is 3.38. The van der Waals surface area contributed by atoms with Gasteiger partial charge in [0.1, 0.15) is 0 Å². The third-order valence-electron chi connectivity index (χ3n) is 2.39. The van der Waals surface area contributed by atoms with Crippen LogP contribution in [0.2, 0.25) is 5.02 Å². The third kappa shape index (κ3) is 1.47. The summed E-state index contributed by atoms with van der Waals surface area (Å²) in [5.41, 5.74) is 7.12. The molecule has 0 spiro atoms. The van der Waals surface area contributed by atoms with Crippen LogP contribution in [0.15, 0.2) is 24.3 Å². The Morgan fingerprint density at radius 3 is 2.58 bits per heavy atom. The molecule has 2 heteroatoms. The largest absolute Gasteiger partial charge is 0.324 e. The average Bonchev–Trinajstić information content (AvgIpc) is 2.86. The van der Waals surface area contributed by atoms with Crippen molar-refractivity contribution in [2.75, 3.05) is 0 Å². The van der Waals surface area contributed by atoms with Crippen molar-refractivity contribution in [2.45, 2.75) is 18.9 Å². The maximum absolute atomic E-state index is 6.02. The van der Waals surface area contributed by atoms with Crippen molar-refractivity contribution in [3.05, 3.63) is 34.9 Å². The second kappa shape index (κ2) is 3.08. The van der Waals surface area contributed by atoms with E-state index in [0.29, 0.717) is 5.92 Å². The summed E-state index contributed by atoms with van der Waals surface area (Å²) >= 11 is 6.01. The van der Waals surface area contributed by atoms with Crippen LogP contribution < -0.4 is 5.73 Å². The molecular formula is C10H12ClN. The molecule has 0 heterocycles. The van der Waals surface area contributed by atoms with Gasteiger partial charge in [-0.2, -0.15) is 0 Å². The van der Waals surface area contributed by atoms with E-state index in [1.807, 2.05) is 24.3 Å². The summed E-state index contributed by atoms with van der Waals surface area (Å²) in [5.74, 6) is 0.671. The summed E-state index contributed by atoms with van der Waals surface area (Å²) in [4.78, 5) is 0. The molecular weight excluding hydrogens is 170 g/mol. The number of benzene rings is 1. The predicted molar refractivity (Wildman–Crippen MR) is 51.1 cm³/mol. The highest BCUT2D eigenvalue weighted by atomic mass is 35.5. The summed E-state index contributed by atoms with van der Waals surface area (Å²) < 4.78 is 0. The lowest BCUT2D eigenvalue weighted by Crippen LogP contribution is -2.12. The van der Waals surface area contributed by atoms with Crippen molar-refractivity contribution in [1.82, 2.24) is 0 Å². The minimum atomic E-state index is 0.152. The summed E-state index contributed by atoms with van der Waals surface area (Å²) in [6.45, 7) is 0. The molecule has 1 aliphatic carbocycles. The molecule has 0 bridgehead atoms. The number of rotatable bonds is 2. The highest BCUT2D eigenvalue weighted by Gasteiger charge is 2.30. The van der Waals surface area contributed by atoms with Crippen LogP contribution in [-0.4, -0.2) is 0 Å². The molecule has 0 aliphatic heterocycles. The van der Waals surface area contributed by atoms with E-state index < -0.39 is 0 Å². The van der Waals surface area contributed by atoms with E-state index in [1.54, 1.807) is 0 Å². The van der Waals surface area contributed by atoms with Gasteiger partial charge in [0, 0.05) is 11.1 Å². The third-order valence-corrected chi connectivity index (χ3v) is 2.74. The number of hydrogen-bond acceptors (Lipinski definition) is 1. The predicted octanol–water partition coefficient (Wildman–Crippen LogP) is 2.75. The lowest BCUT2D eigenvalue weighted by Gasteiger charge is -2.11. The molecule has 64 valence electrons. The molecule has 0 amide bonds. The fraction of sp³-hybridized carbons (Fsp3) is 0.400. The average molecular weight is 182 g/mol. The van der Waals surface area contributed by atoms with Gasteiger partial charge in [0.2, 0.25) is 0 Å². The smallest absolute Gasteiger partial charge is 0.0453 e. The fourth-order valence-electron chi connectivity index (χ4n) is 1.45. The number of halogens is 1. The first-order chi connectivity index (χ1) is 5.79. The Labute approximate surface area is 77.5 Å². The van der Waals surface area contributed by atoms with Gasteiger partial charge in [0.05, 0.1) is 0 Å². The molecule has 1 saturated carbocycles. The monoisotopic (exact) mass is 181 g/mol. The quantitative estimate of drug-likeness (QED) is 0.746. The van der Waals surface area contributed by atoms with Gasteiger partial charge >= 0.3 is 0 Å². The van der Waals surface area contributed by atoms with Crippen LogP contribution in [0.3, 0.4) is 0 Å². The molecule has 2 N–H and O–H groups in total. The topological polar surface area (TPSA) is 26.0 Å². The van der Waals surface area contributed by atoms with Gasteiger partial charge in [-0.05, 0) is 30.4 Å². The Hall–Kier alpha value is -0.530. The molecule has 1 aromatic carbocycles. The summed E-state index contributed by atoms with van der Waals surface area (Å²) in [5, 5.41) is 0.803. The maximum atomic E-state index is 6.02. The van der Waals surface area contributed by atoms with Gasteiger partial charge in [-0.25, -0.2) is 0 Å². The van der Waals surface area contributed by atoms with Crippen LogP contribution in [0.25, 0.3) is 0 Å². The van der Waals surface area contributed by atoms with Crippen LogP contribution in [0, 0.1) is 5.92 Å². The summed E-state index contributed by atoms with van der Waals surface area (Å²) in [6, 6.07) is 8.00. The van der Waals surface area contributed by atoms with Gasteiger partial charge in [0.15, 0.2) is 0 Å². The van der Waals surface area contributed by atoms with Crippen molar-refractivity contribution >= 4 is 11.6 Å². The molecule has 0 unspecified atom stereocenters. The zero-order valence-corrected chi connectivity index (χ0v) is 7.59. The van der Waals surface area contributed by atoms with Gasteiger partial charge in [-0.1, -0.05) is 29.8 Å². The van der Waals surface area contributed by atoms with Gasteiger partial charge in [-0.3, -0.25) is 0 Å². The van der Waals surface area contributed by atoms with E-state index in [2.05, 4.69) is 0 Å². The van der Waals surface area contributed by atoms with Crippen molar-refractivity contribution < 1.29 is 0 Å². The zero-order chi connectivity index (χ0) is 8.55. The molecule has 1 fully saturated rings. The Morgan fingerprint density at radius 1 is 1.33 bits per heavy atom. The number of hydrogen-bond donors (Lipinski definition) is 1. The van der Waals surface area contributed by atoms with Crippen LogP contribution in [0.4, 0.5) is 0 Å². The Morgan fingerprint density at radius 2 is 2.00 bits per heavy atom. The van der Waals surface area contributed by atoms with Gasteiger partial charge < -0.3 is 5.73 Å². The molecule has 2 rings (SSSR count). The lowest BCUT2D eigenvalue weighted by molar-refractivity contribution is 0.634. The maximum Gasteiger partial charge on any atom is 0.0453 e. The first-order valence-corrected chi connectivity index (χ1v) is 4.67. The van der Waals surface area contributed by atoms with E-state index in [1.165, 1.54) is 12.8 Å². The van der Waals surface area contributed by atoms with E-state index in [0.717, 1.165) is 10.6 Å². The van der Waals surface area contributed by atoms with E-state index in [9.17, 15) is 0 Å². The van der Waals surface area contributed by atoms with Crippen molar-refractivity contribution in [1.29, 1.82) is 0 Å². The van der Waals surface area contributed by atoms with Crippen LogP contribution in [0.5, 0.6) is 0 Å². The highest BCUT2D eigenvalue weighted by molar-refractivity contribution is 6.31. The number of nitrogens with two attached hydrogens (primary N) is 1. The summed E-state index contributed by atoms with van der Waals surface area (Å²) in [6.07, 6.45) is 2.51. The fourth-order valence-corrected chi connectivity index (χ4v) is 1.72. The summed E-state index contributed by atoms with van der Waals surface area (Å²) in [7, 11) is 0. The first-order valence-electron chi connectivity index (χ1n) is 4.29. The van der Waals surface area contributed by atoms with Crippen LogP contribution >= 0.6 is 11.6 Å². The van der Waals surface area contributed by atoms with Crippen LogP contribution in [-0.2, 0) is 0 Å². The minimum absolute atomic E-state index is 0.152. The van der Waals surface area contributed by atoms with Crippen molar-refractivity contribution in [3.63, 3.8) is 0 Å². The zero-order valence-electron chi connectivity index (χ0n) is 6.83. The van der Waals surface area contributed by atoms with Gasteiger partial charge in [-0.15, -0.1) is 0 Å². The molecule has 12 heavy (non-hydrogen) atoms. The molecule has 0 saturated heterocycles. The Kier molecular flexibility index (Phi) is 2.07. The second-order valence-corrected chi connectivity index (χ2v) is 3.79. The van der Waals surface area contributed by atoms with E-state index in [4.69, 9.17) is 17.3 Å². The molecule has 1 aliphatic rings. The van der Waals surface area contributed by atoms with Gasteiger partial charge in [0.25, 0.3) is 0 Å². The first kappa shape index (κ1) is 8.09. The van der Waals surface area contributed by atoms with E-state index >= 15 is 0 Å². The molecule has 1 aromatic rings. The minimum Gasteiger partial charge on any atom is -0.324 e. The SMILES string of the molecule is N[C@@H](c1ccccc1Cl)C1CC1. The Bertz CT molecular complexity index is 281. The van der Waals surface area contributed by atoms with Crippen molar-refractivity contribution in [2.24, 2.45) is 11.7 Å². The molecule has 1 atom stereocenters. The molecule has 0 aromatic heterocycles. The highest BCUT2D eigenvalue weighted by Crippen LogP contribution is 2.41.